The van der Waals surface area contributed by atoms with Gasteiger partial charge in [-0.3, -0.25) is 4.90 Å². The number of methoxy groups -OCH3 is 2. The van der Waals surface area contributed by atoms with Crippen molar-refractivity contribution < 1.29 is 14.0 Å². The van der Waals surface area contributed by atoms with Gasteiger partial charge < -0.3 is 29.6 Å². The van der Waals surface area contributed by atoms with Crippen molar-refractivity contribution in [1.82, 2.24) is 24.6 Å². The van der Waals surface area contributed by atoms with E-state index in [0.29, 0.717) is 33.0 Å². The Morgan fingerprint density at radius 2 is 1.72 bits per heavy atom. The lowest BCUT2D eigenvalue weighted by Crippen LogP contribution is -2.49. The standard InChI is InChI=1S/C33H42BrN8O3P/c1-22-16-28(30(45-3)18-29(22)41-14-12-40(13-15-41)23-8-6-7-9-23)38-33-35-20-26(34)32(39-33)37-27-11-10-24(17-31(27)46(4,5)43)42-21-25(44-2)19-36-42/h10-11,16-21,23H,6-9,12-15H2,1-5H3,(H2,35,37,38,39). The van der Waals surface area contributed by atoms with Gasteiger partial charge in [0.1, 0.15) is 18.7 Å². The average molecular weight is 710 g/mol. The second-order valence-electron chi connectivity index (χ2n) is 12.3. The molecule has 1 aliphatic heterocycles. The summed E-state index contributed by atoms with van der Waals surface area (Å²) < 4.78 is 26.9. The van der Waals surface area contributed by atoms with E-state index in [4.69, 9.17) is 14.5 Å². The van der Waals surface area contributed by atoms with Crippen LogP contribution in [0.3, 0.4) is 0 Å². The van der Waals surface area contributed by atoms with Crippen LogP contribution in [0.15, 0.2) is 53.4 Å². The van der Waals surface area contributed by atoms with Crippen LogP contribution in [0, 0.1) is 6.92 Å². The molecule has 3 heterocycles. The fourth-order valence-electron chi connectivity index (χ4n) is 6.41. The third kappa shape index (κ3) is 7.04. The van der Waals surface area contributed by atoms with Crippen molar-refractivity contribution >= 4 is 57.2 Å². The van der Waals surface area contributed by atoms with Crippen LogP contribution in [0.4, 0.5) is 28.8 Å². The second-order valence-corrected chi connectivity index (χ2v) is 16.4. The highest BCUT2D eigenvalue weighted by atomic mass is 79.9. The normalized spacial score (nSPS) is 16.1. The molecule has 6 rings (SSSR count). The van der Waals surface area contributed by atoms with Gasteiger partial charge in [-0.2, -0.15) is 10.1 Å². The summed E-state index contributed by atoms with van der Waals surface area (Å²) in [5, 5.41) is 11.8. The fraction of sp³-hybridized carbons (Fsp3) is 0.424. The molecule has 1 saturated heterocycles. The second kappa shape index (κ2) is 13.6. The molecular formula is C33H42BrN8O3P. The van der Waals surface area contributed by atoms with Crippen molar-refractivity contribution in [3.05, 3.63) is 59.0 Å². The zero-order valence-electron chi connectivity index (χ0n) is 27.1. The van der Waals surface area contributed by atoms with Crippen molar-refractivity contribution in [2.24, 2.45) is 0 Å². The van der Waals surface area contributed by atoms with Crippen molar-refractivity contribution in [1.29, 1.82) is 0 Å². The number of benzene rings is 2. The first kappa shape index (κ1) is 32.3. The number of hydrogen-bond acceptors (Lipinski definition) is 10. The van der Waals surface area contributed by atoms with Gasteiger partial charge in [-0.1, -0.05) is 12.8 Å². The predicted molar refractivity (Wildman–Crippen MR) is 189 cm³/mol. The predicted octanol–water partition coefficient (Wildman–Crippen LogP) is 6.55. The summed E-state index contributed by atoms with van der Waals surface area (Å²) in [6, 6.07) is 10.7. The molecule has 0 unspecified atom stereocenters. The van der Waals surface area contributed by atoms with Gasteiger partial charge in [-0.15, -0.1) is 0 Å². The maximum Gasteiger partial charge on any atom is 0.229 e. The number of aromatic nitrogens is 4. The lowest BCUT2D eigenvalue weighted by molar-refractivity contribution is 0.187. The van der Waals surface area contributed by atoms with Crippen LogP contribution in [0.5, 0.6) is 11.5 Å². The van der Waals surface area contributed by atoms with Gasteiger partial charge in [0.15, 0.2) is 5.75 Å². The summed E-state index contributed by atoms with van der Waals surface area (Å²) in [7, 11) is 0.587. The fourth-order valence-corrected chi connectivity index (χ4v) is 7.86. The van der Waals surface area contributed by atoms with Gasteiger partial charge in [0.25, 0.3) is 0 Å². The van der Waals surface area contributed by atoms with Crippen LogP contribution in [-0.2, 0) is 4.57 Å². The van der Waals surface area contributed by atoms with E-state index >= 15 is 0 Å². The van der Waals surface area contributed by atoms with Crippen molar-refractivity contribution in [3.8, 4) is 17.2 Å². The Morgan fingerprint density at radius 3 is 2.39 bits per heavy atom. The molecule has 0 spiro atoms. The van der Waals surface area contributed by atoms with Gasteiger partial charge in [0.2, 0.25) is 5.95 Å². The zero-order chi connectivity index (χ0) is 32.4. The highest BCUT2D eigenvalue weighted by molar-refractivity contribution is 9.10. The smallest absolute Gasteiger partial charge is 0.229 e. The molecule has 2 aromatic heterocycles. The van der Waals surface area contributed by atoms with Crippen LogP contribution in [-0.4, -0.2) is 84.4 Å². The number of rotatable bonds is 10. The minimum atomic E-state index is -2.70. The van der Waals surface area contributed by atoms with Gasteiger partial charge >= 0.3 is 0 Å². The Balaban J connectivity index is 1.21. The van der Waals surface area contributed by atoms with Crippen LogP contribution < -0.4 is 30.3 Å². The molecule has 0 amide bonds. The Labute approximate surface area is 279 Å². The molecule has 2 aromatic carbocycles. The lowest BCUT2D eigenvalue weighted by Gasteiger charge is -2.39. The summed E-state index contributed by atoms with van der Waals surface area (Å²) in [6.07, 6.45) is 10.5. The summed E-state index contributed by atoms with van der Waals surface area (Å²) in [5.41, 5.74) is 4.61. The van der Waals surface area contributed by atoms with E-state index in [-0.39, 0.29) is 0 Å². The number of aryl methyl sites for hydroxylation is 1. The number of nitrogens with zero attached hydrogens (tertiary/aromatic N) is 6. The first-order valence-corrected chi connectivity index (χ1v) is 19.0. The van der Waals surface area contributed by atoms with Crippen LogP contribution in [0.2, 0.25) is 0 Å². The summed E-state index contributed by atoms with van der Waals surface area (Å²) in [5.74, 6) is 2.31. The third-order valence-corrected chi connectivity index (χ3v) is 11.0. The maximum atomic E-state index is 13.4. The number of nitrogens with one attached hydrogen (secondary N) is 2. The number of ether oxygens (including phenoxy) is 2. The topological polar surface area (TPSA) is 110 Å². The molecular weight excluding hydrogens is 667 g/mol. The molecule has 2 aliphatic rings. The summed E-state index contributed by atoms with van der Waals surface area (Å²) in [6.45, 7) is 9.86. The number of hydrogen-bond donors (Lipinski definition) is 2. The molecule has 0 radical (unpaired) electrons. The van der Waals surface area contributed by atoms with Crippen LogP contribution >= 0.6 is 23.1 Å². The quantitative estimate of drug-likeness (QED) is 0.176. The first-order valence-electron chi connectivity index (χ1n) is 15.7. The number of anilines is 5. The van der Waals surface area contributed by atoms with E-state index in [1.54, 1.807) is 50.8 Å². The Morgan fingerprint density at radius 1 is 0.957 bits per heavy atom. The largest absolute Gasteiger partial charge is 0.494 e. The Bertz CT molecular complexity index is 1740. The molecule has 4 aromatic rings. The molecule has 0 bridgehead atoms. The molecule has 13 heteroatoms. The molecule has 2 N–H and O–H groups in total. The first-order chi connectivity index (χ1) is 22.1. The molecule has 244 valence electrons. The number of piperazine rings is 1. The highest BCUT2D eigenvalue weighted by Crippen LogP contribution is 2.40. The Hall–Kier alpha value is -3.60. The highest BCUT2D eigenvalue weighted by Gasteiger charge is 2.27. The van der Waals surface area contributed by atoms with Gasteiger partial charge in [-0.05, 0) is 78.9 Å². The van der Waals surface area contributed by atoms with Crippen LogP contribution in [0.1, 0.15) is 31.2 Å². The van der Waals surface area contributed by atoms with E-state index < -0.39 is 7.14 Å². The molecule has 1 aliphatic carbocycles. The van der Waals surface area contributed by atoms with E-state index in [2.05, 4.69) is 65.5 Å². The van der Waals surface area contributed by atoms with Crippen molar-refractivity contribution in [2.75, 3.05) is 69.3 Å². The average Bonchev–Trinajstić information content (AvgIpc) is 3.76. The summed E-state index contributed by atoms with van der Waals surface area (Å²) in [4.78, 5) is 14.4. The van der Waals surface area contributed by atoms with E-state index in [9.17, 15) is 4.57 Å². The number of halogens is 1. The minimum absolute atomic E-state index is 0.402. The van der Waals surface area contributed by atoms with Gasteiger partial charge in [0, 0.05) is 55.5 Å². The lowest BCUT2D eigenvalue weighted by atomic mass is 10.1. The van der Waals surface area contributed by atoms with Crippen molar-refractivity contribution in [3.63, 3.8) is 0 Å². The molecule has 1 saturated carbocycles. The molecule has 11 nitrogen and oxygen atoms in total. The maximum absolute atomic E-state index is 13.4. The minimum Gasteiger partial charge on any atom is -0.494 e. The monoisotopic (exact) mass is 708 g/mol. The summed E-state index contributed by atoms with van der Waals surface area (Å²) >= 11 is 3.58. The molecule has 0 atom stereocenters. The molecule has 46 heavy (non-hydrogen) atoms. The molecule has 2 fully saturated rings. The van der Waals surface area contributed by atoms with E-state index in [1.807, 2.05) is 18.2 Å². The van der Waals surface area contributed by atoms with Gasteiger partial charge in [-0.25, -0.2) is 9.67 Å². The van der Waals surface area contributed by atoms with E-state index in [0.717, 1.165) is 54.9 Å². The zero-order valence-corrected chi connectivity index (χ0v) is 29.6. The van der Waals surface area contributed by atoms with Crippen LogP contribution in [0.25, 0.3) is 5.69 Å². The van der Waals surface area contributed by atoms with E-state index in [1.165, 1.54) is 31.4 Å². The van der Waals surface area contributed by atoms with Crippen molar-refractivity contribution in [2.45, 2.75) is 38.6 Å². The van der Waals surface area contributed by atoms with Gasteiger partial charge in [0.05, 0.1) is 48.1 Å². The Kier molecular flexibility index (Phi) is 9.59. The third-order valence-electron chi connectivity index (χ3n) is 8.88. The SMILES string of the molecule is COc1cnn(-c2ccc(Nc3nc(Nc4cc(C)c(N5CCN(C6CCCC6)CC5)cc4OC)ncc3Br)c(P(C)(C)=O)c2)c1.